The summed E-state index contributed by atoms with van der Waals surface area (Å²) in [6, 6.07) is 0. The largest absolute Gasteiger partial charge is 0.464 e. The van der Waals surface area contributed by atoms with Gasteiger partial charge < -0.3 is 10.5 Å². The molecule has 66 valence electrons. The predicted molar refractivity (Wildman–Crippen MR) is 30.7 cm³/mol. The summed E-state index contributed by atoms with van der Waals surface area (Å²) < 4.78 is 38.2. The van der Waals surface area contributed by atoms with E-state index < -0.39 is 31.7 Å². The van der Waals surface area contributed by atoms with Gasteiger partial charge in [0.1, 0.15) is 0 Å². The molecule has 0 aliphatic rings. The van der Waals surface area contributed by atoms with Crippen molar-refractivity contribution in [3.63, 3.8) is 0 Å². The average molecular weight is 171 g/mol. The molecule has 0 heterocycles. The molecule has 0 atom stereocenters. The van der Waals surface area contributed by atoms with Crippen LogP contribution < -0.4 is 5.73 Å². The number of hydrogen-bond donors (Lipinski definition) is 1. The van der Waals surface area contributed by atoms with Crippen LogP contribution in [0.4, 0.5) is 13.2 Å². The topological polar surface area (TPSA) is 52.3 Å². The third kappa shape index (κ3) is 7.11. The van der Waals surface area contributed by atoms with E-state index in [1.807, 2.05) is 0 Å². The number of hydrogen-bond acceptors (Lipinski definition) is 3. The van der Waals surface area contributed by atoms with Crippen molar-refractivity contribution in [2.75, 3.05) is 13.2 Å². The molecule has 0 rings (SSSR count). The van der Waals surface area contributed by atoms with Gasteiger partial charge in [-0.1, -0.05) is 0 Å². The van der Waals surface area contributed by atoms with E-state index in [9.17, 15) is 18.0 Å². The standard InChI is InChI=1S/C5H8F3NO2/c6-5(7,8)1-2-11-4(10)3-9/h1-3,9H2. The SMILES string of the molecule is NCC(=O)OCCC(F)(F)F. The molecule has 0 spiro atoms. The van der Waals surface area contributed by atoms with Crippen molar-refractivity contribution in [1.82, 2.24) is 0 Å². The lowest BCUT2D eigenvalue weighted by Gasteiger charge is -2.05. The van der Waals surface area contributed by atoms with E-state index in [-0.39, 0.29) is 0 Å². The third-order valence-corrected chi connectivity index (χ3v) is 0.815. The van der Waals surface area contributed by atoms with Crippen LogP contribution in [0.1, 0.15) is 6.42 Å². The maximum atomic E-state index is 11.4. The molecule has 3 nitrogen and oxygen atoms in total. The van der Waals surface area contributed by atoms with E-state index >= 15 is 0 Å². The Morgan fingerprint density at radius 1 is 1.45 bits per heavy atom. The first-order valence-electron chi connectivity index (χ1n) is 2.88. The minimum Gasteiger partial charge on any atom is -0.464 e. The Labute approximate surface area is 61.3 Å². The molecule has 0 saturated heterocycles. The summed E-state index contributed by atoms with van der Waals surface area (Å²) in [5.74, 6) is -0.825. The van der Waals surface area contributed by atoms with E-state index in [1.165, 1.54) is 0 Å². The lowest BCUT2D eigenvalue weighted by atomic mass is 10.4. The van der Waals surface area contributed by atoms with E-state index in [2.05, 4.69) is 4.74 Å². The predicted octanol–water partition coefficient (Wildman–Crippen LogP) is 0.441. The summed E-state index contributed by atoms with van der Waals surface area (Å²) >= 11 is 0. The smallest absolute Gasteiger partial charge is 0.392 e. The molecular formula is C5H8F3NO2. The van der Waals surface area contributed by atoms with Gasteiger partial charge in [-0.05, 0) is 0 Å². The fraction of sp³-hybridized carbons (Fsp3) is 0.800. The number of alkyl halides is 3. The van der Waals surface area contributed by atoms with Gasteiger partial charge in [0.25, 0.3) is 0 Å². The highest BCUT2D eigenvalue weighted by Crippen LogP contribution is 2.18. The van der Waals surface area contributed by atoms with Crippen molar-refractivity contribution in [3.8, 4) is 0 Å². The lowest BCUT2D eigenvalue weighted by molar-refractivity contribution is -0.157. The zero-order valence-electron chi connectivity index (χ0n) is 5.65. The summed E-state index contributed by atoms with van der Waals surface area (Å²) in [5, 5.41) is 0. The molecule has 0 aliphatic heterocycles. The van der Waals surface area contributed by atoms with Crippen molar-refractivity contribution in [2.45, 2.75) is 12.6 Å². The fourth-order valence-electron chi connectivity index (χ4n) is 0.340. The lowest BCUT2D eigenvalue weighted by Crippen LogP contribution is -2.20. The van der Waals surface area contributed by atoms with E-state index in [1.54, 1.807) is 0 Å². The number of rotatable bonds is 3. The summed E-state index contributed by atoms with van der Waals surface area (Å²) in [6.07, 6.45) is -5.41. The zero-order chi connectivity index (χ0) is 8.91. The van der Waals surface area contributed by atoms with Crippen LogP contribution in [0.5, 0.6) is 0 Å². The van der Waals surface area contributed by atoms with Gasteiger partial charge >= 0.3 is 12.1 Å². The first-order chi connectivity index (χ1) is 4.95. The summed E-state index contributed by atoms with van der Waals surface area (Å²) in [4.78, 5) is 10.2. The maximum Gasteiger partial charge on any atom is 0.392 e. The molecule has 6 heteroatoms. The number of nitrogens with two attached hydrogens (primary N) is 1. The molecule has 2 N–H and O–H groups in total. The number of halogens is 3. The quantitative estimate of drug-likeness (QED) is 0.627. The first-order valence-corrected chi connectivity index (χ1v) is 2.88. The first kappa shape index (κ1) is 10.2. The zero-order valence-corrected chi connectivity index (χ0v) is 5.65. The molecule has 0 aliphatic carbocycles. The highest BCUT2D eigenvalue weighted by Gasteiger charge is 2.27. The molecule has 0 aromatic heterocycles. The number of esters is 1. The Balaban J connectivity index is 3.35. The second-order valence-electron chi connectivity index (χ2n) is 1.79. The molecule has 0 unspecified atom stereocenters. The van der Waals surface area contributed by atoms with Gasteiger partial charge in [-0.2, -0.15) is 13.2 Å². The van der Waals surface area contributed by atoms with Crippen LogP contribution >= 0.6 is 0 Å². The Bertz CT molecular complexity index is 134. The van der Waals surface area contributed by atoms with Crippen LogP contribution in [-0.4, -0.2) is 25.3 Å². The van der Waals surface area contributed by atoms with Crippen LogP contribution in [0.3, 0.4) is 0 Å². The van der Waals surface area contributed by atoms with Crippen molar-refractivity contribution in [3.05, 3.63) is 0 Å². The Morgan fingerprint density at radius 2 is 2.00 bits per heavy atom. The van der Waals surface area contributed by atoms with Gasteiger partial charge in [-0.15, -0.1) is 0 Å². The molecular weight excluding hydrogens is 163 g/mol. The minimum absolute atomic E-state index is 0.391. The Kier molecular flexibility index (Phi) is 3.88. The van der Waals surface area contributed by atoms with Crippen LogP contribution in [0.25, 0.3) is 0 Å². The summed E-state index contributed by atoms with van der Waals surface area (Å²) in [7, 11) is 0. The number of carbonyl (C=O) groups excluding carboxylic acids is 1. The van der Waals surface area contributed by atoms with Gasteiger partial charge in [0.15, 0.2) is 0 Å². The van der Waals surface area contributed by atoms with Crippen LogP contribution in [-0.2, 0) is 9.53 Å². The Hall–Kier alpha value is -0.780. The van der Waals surface area contributed by atoms with Gasteiger partial charge in [-0.3, -0.25) is 4.79 Å². The van der Waals surface area contributed by atoms with Crippen molar-refractivity contribution < 1.29 is 22.7 Å². The average Bonchev–Trinajstić information content (AvgIpc) is 1.85. The minimum atomic E-state index is -4.28. The van der Waals surface area contributed by atoms with Gasteiger partial charge in [0, 0.05) is 0 Å². The summed E-state index contributed by atoms with van der Waals surface area (Å²) in [5.41, 5.74) is 4.77. The molecule has 0 bridgehead atoms. The summed E-state index contributed by atoms with van der Waals surface area (Å²) in [6.45, 7) is -1.04. The third-order valence-electron chi connectivity index (χ3n) is 0.815. The normalized spacial score (nSPS) is 11.3. The van der Waals surface area contributed by atoms with Crippen molar-refractivity contribution in [2.24, 2.45) is 5.73 Å². The van der Waals surface area contributed by atoms with Crippen molar-refractivity contribution in [1.29, 1.82) is 0 Å². The van der Waals surface area contributed by atoms with Gasteiger partial charge in [0.05, 0.1) is 19.6 Å². The Morgan fingerprint density at radius 3 is 2.36 bits per heavy atom. The fourth-order valence-corrected chi connectivity index (χ4v) is 0.340. The number of carbonyl (C=O) groups is 1. The highest BCUT2D eigenvalue weighted by molar-refractivity contribution is 5.71. The second-order valence-corrected chi connectivity index (χ2v) is 1.79. The molecule has 0 fully saturated rings. The van der Waals surface area contributed by atoms with E-state index in [0.717, 1.165) is 0 Å². The molecule has 0 radical (unpaired) electrons. The van der Waals surface area contributed by atoms with Crippen LogP contribution in [0.2, 0.25) is 0 Å². The number of ether oxygens (including phenoxy) is 1. The molecule has 11 heavy (non-hydrogen) atoms. The second kappa shape index (κ2) is 4.17. The van der Waals surface area contributed by atoms with Gasteiger partial charge in [-0.25, -0.2) is 0 Å². The maximum absolute atomic E-state index is 11.4. The van der Waals surface area contributed by atoms with Crippen molar-refractivity contribution >= 4 is 5.97 Å². The molecule has 0 saturated carbocycles. The van der Waals surface area contributed by atoms with Crippen LogP contribution in [0.15, 0.2) is 0 Å². The molecule has 0 aromatic rings. The van der Waals surface area contributed by atoms with Crippen LogP contribution in [0, 0.1) is 0 Å². The van der Waals surface area contributed by atoms with Gasteiger partial charge in [0.2, 0.25) is 0 Å². The van der Waals surface area contributed by atoms with E-state index in [4.69, 9.17) is 5.73 Å². The highest BCUT2D eigenvalue weighted by atomic mass is 19.4. The molecule has 0 aromatic carbocycles. The molecule has 0 amide bonds. The van der Waals surface area contributed by atoms with E-state index in [0.29, 0.717) is 0 Å². The monoisotopic (exact) mass is 171 g/mol.